The van der Waals surface area contributed by atoms with Gasteiger partial charge in [0.2, 0.25) is 0 Å². The Kier molecular flexibility index (Phi) is 7.38. The lowest BCUT2D eigenvalue weighted by atomic mass is 10.1. The maximum atomic E-state index is 15.8. The van der Waals surface area contributed by atoms with Gasteiger partial charge in [0.1, 0.15) is 5.82 Å². The molecule has 0 amide bonds. The molecule has 0 saturated carbocycles. The predicted molar refractivity (Wildman–Crippen MR) is 212 cm³/mol. The van der Waals surface area contributed by atoms with Crippen molar-refractivity contribution < 1.29 is 4.57 Å². The van der Waals surface area contributed by atoms with Crippen LogP contribution < -0.4 is 36.7 Å². The molecule has 1 aliphatic heterocycles. The summed E-state index contributed by atoms with van der Waals surface area (Å²) in [6, 6.07) is 64.7. The van der Waals surface area contributed by atoms with Crippen molar-refractivity contribution in [3.8, 4) is 16.8 Å². The van der Waals surface area contributed by atoms with E-state index in [-0.39, 0.29) is 0 Å². The minimum Gasteiger partial charge on any atom is -0.308 e. The molecule has 8 aromatic rings. The fourth-order valence-corrected chi connectivity index (χ4v) is 15.9. The Labute approximate surface area is 293 Å². The van der Waals surface area contributed by atoms with Crippen LogP contribution in [0.25, 0.3) is 27.8 Å². The van der Waals surface area contributed by atoms with Crippen LogP contribution in [0.3, 0.4) is 0 Å². The average molecular weight is 679 g/mol. The number of hydrogen-bond acceptors (Lipinski definition) is 2. The summed E-state index contributed by atoms with van der Waals surface area (Å²) < 4.78 is 18.0. The molecule has 0 radical (unpaired) electrons. The summed E-state index contributed by atoms with van der Waals surface area (Å²) in [6.07, 6.45) is 0.780. The van der Waals surface area contributed by atoms with Crippen LogP contribution in [0.15, 0.2) is 182 Å². The van der Waals surface area contributed by atoms with Crippen LogP contribution in [0.2, 0.25) is 0 Å². The topological polar surface area (TPSA) is 34.9 Å². The van der Waals surface area contributed by atoms with Gasteiger partial charge >= 0.3 is 0 Å². The summed E-state index contributed by atoms with van der Waals surface area (Å²) in [4.78, 5) is 4.99. The molecule has 1 aromatic heterocycles. The van der Waals surface area contributed by atoms with Crippen molar-refractivity contribution in [2.45, 2.75) is 13.3 Å². The van der Waals surface area contributed by atoms with Gasteiger partial charge in [0.05, 0.1) is 16.7 Å². The second kappa shape index (κ2) is 12.1. The number of aryl methyl sites for hydroxylation is 1. The molecule has 3 nitrogen and oxygen atoms in total. The van der Waals surface area contributed by atoms with Gasteiger partial charge in [-0.1, -0.05) is 165 Å². The van der Waals surface area contributed by atoms with Crippen LogP contribution in [0.1, 0.15) is 12.7 Å². The molecule has 2 heterocycles. The van der Waals surface area contributed by atoms with Crippen molar-refractivity contribution in [2.75, 3.05) is 0 Å². The summed E-state index contributed by atoms with van der Waals surface area (Å²) >= 11 is 0. The quantitative estimate of drug-likeness (QED) is 0.108. The molecule has 240 valence electrons. The second-order valence-corrected chi connectivity index (χ2v) is 19.4. The summed E-state index contributed by atoms with van der Waals surface area (Å²) in [5.41, 5.74) is 4.96. The van der Waals surface area contributed by atoms with Gasteiger partial charge < -0.3 is 4.57 Å². The van der Waals surface area contributed by atoms with Gasteiger partial charge in [-0.2, -0.15) is 0 Å². The summed E-state index contributed by atoms with van der Waals surface area (Å²) in [6.45, 7) is 2.13. The predicted octanol–water partition coefficient (Wildman–Crippen LogP) is 6.59. The zero-order valence-electron chi connectivity index (χ0n) is 27.8. The summed E-state index contributed by atoms with van der Waals surface area (Å²) in [5.74, 6) is 0.981. The molecule has 0 spiro atoms. The van der Waals surface area contributed by atoms with Crippen molar-refractivity contribution in [1.82, 2.24) is 9.55 Å². The largest absolute Gasteiger partial charge is 0.308 e. The maximum absolute atomic E-state index is 15.8. The van der Waals surface area contributed by atoms with Crippen LogP contribution in [0.4, 0.5) is 0 Å². The van der Waals surface area contributed by atoms with Crippen LogP contribution in [-0.2, 0) is 11.0 Å². The first-order chi connectivity index (χ1) is 24.6. The number of aromatic nitrogens is 2. The van der Waals surface area contributed by atoms with E-state index in [2.05, 4.69) is 145 Å². The molecule has 1 aliphatic rings. The molecule has 9 rings (SSSR count). The third-order valence-electron chi connectivity index (χ3n) is 10.3. The highest BCUT2D eigenvalue weighted by Crippen LogP contribution is 2.50. The smallest absolute Gasteiger partial charge is 0.179 e. The molecule has 0 saturated heterocycles. The van der Waals surface area contributed by atoms with E-state index < -0.39 is 15.2 Å². The normalized spacial score (nSPS) is 15.1. The van der Waals surface area contributed by atoms with E-state index in [9.17, 15) is 0 Å². The van der Waals surface area contributed by atoms with Crippen LogP contribution >= 0.6 is 7.14 Å². The van der Waals surface area contributed by atoms with E-state index in [4.69, 9.17) is 4.98 Å². The molecule has 1 atom stereocenters. The van der Waals surface area contributed by atoms with E-state index in [0.717, 1.165) is 56.0 Å². The molecule has 0 bridgehead atoms. The van der Waals surface area contributed by atoms with E-state index in [1.54, 1.807) is 0 Å². The molecule has 0 aliphatic carbocycles. The number of para-hydroxylation sites is 1. The molecule has 5 heteroatoms. The Bertz CT molecular complexity index is 2430. The molecular formula is C45H35N2OPSi. The van der Waals surface area contributed by atoms with Crippen molar-refractivity contribution in [1.29, 1.82) is 0 Å². The van der Waals surface area contributed by atoms with Gasteiger partial charge in [0, 0.05) is 22.3 Å². The van der Waals surface area contributed by atoms with Crippen molar-refractivity contribution in [3.63, 3.8) is 0 Å². The third-order valence-corrected chi connectivity index (χ3v) is 18.2. The van der Waals surface area contributed by atoms with E-state index in [1.165, 1.54) is 20.7 Å². The first kappa shape index (κ1) is 30.5. The van der Waals surface area contributed by atoms with E-state index >= 15 is 4.57 Å². The number of nitrogens with zero attached hydrogens (tertiary/aromatic N) is 2. The fraction of sp³-hybridized carbons (Fsp3) is 0.0444. The summed E-state index contributed by atoms with van der Waals surface area (Å²) in [5, 5.41) is 7.92. The number of hydrogen-bond donors (Lipinski definition) is 0. The first-order valence-corrected chi connectivity index (χ1v) is 20.9. The van der Waals surface area contributed by atoms with Gasteiger partial charge in [0.25, 0.3) is 0 Å². The first-order valence-electron chi connectivity index (χ1n) is 17.2. The van der Waals surface area contributed by atoms with Crippen LogP contribution in [0.5, 0.6) is 0 Å². The second-order valence-electron chi connectivity index (χ2n) is 12.9. The Morgan fingerprint density at radius 1 is 0.540 bits per heavy atom. The standard InChI is InChI=1S/C45H35N2OPSi/c1-2-44-46-40-24-15-25-42-45(40)47(44)41-31-28-34(32-43(41)49(42,48)35-16-7-3-8-17-35)33-26-29-39(30-27-33)50(36-18-9-4-10-19-36,37-20-11-5-12-21-37)38-22-13-6-14-23-38/h3-32H,2H2,1H3. The zero-order chi connectivity index (χ0) is 33.7. The Morgan fingerprint density at radius 3 is 1.62 bits per heavy atom. The molecule has 7 aromatic carbocycles. The molecular weight excluding hydrogens is 644 g/mol. The van der Waals surface area contributed by atoms with Crippen molar-refractivity contribution in [3.05, 3.63) is 188 Å². The van der Waals surface area contributed by atoms with E-state index in [1.807, 2.05) is 48.5 Å². The number of fused-ring (bicyclic) bond motifs is 2. The van der Waals surface area contributed by atoms with Crippen LogP contribution in [-0.4, -0.2) is 17.6 Å². The lowest BCUT2D eigenvalue weighted by Crippen LogP contribution is -2.74. The Morgan fingerprint density at radius 2 is 1.06 bits per heavy atom. The number of imidazole rings is 1. The Hall–Kier alpha value is -5.54. The molecule has 1 unspecified atom stereocenters. The van der Waals surface area contributed by atoms with Crippen LogP contribution in [0, 0.1) is 0 Å². The summed E-state index contributed by atoms with van der Waals surface area (Å²) in [7, 11) is -5.86. The highest BCUT2D eigenvalue weighted by molar-refractivity contribution is 7.86. The van der Waals surface area contributed by atoms with Crippen molar-refractivity contribution in [2.24, 2.45) is 0 Å². The lowest BCUT2D eigenvalue weighted by molar-refractivity contribution is 0.592. The van der Waals surface area contributed by atoms with Crippen molar-refractivity contribution >= 4 is 62.9 Å². The zero-order valence-corrected chi connectivity index (χ0v) is 29.7. The fourth-order valence-electron chi connectivity index (χ4n) is 8.07. The highest BCUT2D eigenvalue weighted by atomic mass is 31.2. The number of benzene rings is 7. The molecule has 0 fully saturated rings. The minimum atomic E-state index is -3.22. The van der Waals surface area contributed by atoms with Gasteiger partial charge in [-0.25, -0.2) is 4.98 Å². The highest BCUT2D eigenvalue weighted by Gasteiger charge is 2.42. The minimum absolute atomic E-state index is 0.780. The van der Waals surface area contributed by atoms with Gasteiger partial charge in [-0.3, -0.25) is 4.57 Å². The van der Waals surface area contributed by atoms with Gasteiger partial charge in [-0.05, 0) is 56.1 Å². The monoisotopic (exact) mass is 678 g/mol. The average Bonchev–Trinajstić information content (AvgIpc) is 3.58. The van der Waals surface area contributed by atoms with E-state index in [0.29, 0.717) is 0 Å². The Balaban J connectivity index is 1.24. The van der Waals surface area contributed by atoms with Gasteiger partial charge in [0.15, 0.2) is 15.2 Å². The number of rotatable bonds is 7. The molecule has 0 N–H and O–H groups in total. The molecule has 50 heavy (non-hydrogen) atoms. The maximum Gasteiger partial charge on any atom is 0.179 e. The third kappa shape index (κ3) is 4.49. The SMILES string of the molecule is CCc1nc2cccc3c2n1-c1ccc(-c2ccc([Si](c4ccccc4)(c4ccccc4)c4ccccc4)cc2)cc1P3(=O)c1ccccc1. The lowest BCUT2D eigenvalue weighted by Gasteiger charge is -2.34. The van der Waals surface area contributed by atoms with Gasteiger partial charge in [-0.15, -0.1) is 0 Å².